The van der Waals surface area contributed by atoms with Crippen molar-refractivity contribution < 1.29 is 14.2 Å². The van der Waals surface area contributed by atoms with Crippen LogP contribution in [0, 0.1) is 5.82 Å². The molecule has 1 aromatic rings. The monoisotopic (exact) mass is 213 g/mol. The highest BCUT2D eigenvalue weighted by atomic mass is 19.1. The Kier molecular flexibility index (Phi) is 4.52. The Balaban J connectivity index is 2.85. The standard InChI is InChI=1S/C11H16FNO2/c1-15-11-5-4-8(12)7-9(11)10(13)3-2-6-14/h4-5,7,10,14H,2-3,6,13H2,1H3/t10-/m1/s1. The summed E-state index contributed by atoms with van der Waals surface area (Å²) in [6, 6.07) is 3.97. The fourth-order valence-electron chi connectivity index (χ4n) is 1.46. The number of aliphatic hydroxyl groups excluding tert-OH is 1. The third-order valence-corrected chi connectivity index (χ3v) is 2.26. The van der Waals surface area contributed by atoms with Crippen molar-refractivity contribution in [1.82, 2.24) is 0 Å². The molecule has 4 heteroatoms. The second-order valence-corrected chi connectivity index (χ2v) is 3.36. The van der Waals surface area contributed by atoms with E-state index in [1.165, 1.54) is 19.2 Å². The third-order valence-electron chi connectivity index (χ3n) is 2.26. The van der Waals surface area contributed by atoms with Crippen molar-refractivity contribution in [3.05, 3.63) is 29.6 Å². The molecule has 0 bridgehead atoms. The number of hydrogen-bond acceptors (Lipinski definition) is 3. The average Bonchev–Trinajstić information content (AvgIpc) is 2.25. The van der Waals surface area contributed by atoms with Gasteiger partial charge < -0.3 is 15.6 Å². The molecule has 0 aliphatic heterocycles. The normalized spacial score (nSPS) is 12.5. The van der Waals surface area contributed by atoms with Crippen LogP contribution < -0.4 is 10.5 Å². The number of rotatable bonds is 5. The van der Waals surface area contributed by atoms with E-state index >= 15 is 0 Å². The van der Waals surface area contributed by atoms with Crippen LogP contribution in [0.15, 0.2) is 18.2 Å². The summed E-state index contributed by atoms with van der Waals surface area (Å²) in [5.74, 6) is 0.257. The topological polar surface area (TPSA) is 55.5 Å². The van der Waals surface area contributed by atoms with Crippen molar-refractivity contribution >= 4 is 0 Å². The molecule has 3 N–H and O–H groups in total. The highest BCUT2D eigenvalue weighted by Crippen LogP contribution is 2.26. The number of methoxy groups -OCH3 is 1. The fraction of sp³-hybridized carbons (Fsp3) is 0.455. The second-order valence-electron chi connectivity index (χ2n) is 3.36. The largest absolute Gasteiger partial charge is 0.496 e. The number of benzene rings is 1. The van der Waals surface area contributed by atoms with Crippen molar-refractivity contribution in [3.63, 3.8) is 0 Å². The fourth-order valence-corrected chi connectivity index (χ4v) is 1.46. The summed E-state index contributed by atoms with van der Waals surface area (Å²) in [5.41, 5.74) is 6.51. The summed E-state index contributed by atoms with van der Waals surface area (Å²) in [4.78, 5) is 0. The molecule has 0 aliphatic carbocycles. The molecular formula is C11H16FNO2. The molecule has 0 spiro atoms. The number of halogens is 1. The van der Waals surface area contributed by atoms with Crippen LogP contribution in [0.25, 0.3) is 0 Å². The summed E-state index contributed by atoms with van der Waals surface area (Å²) in [6.07, 6.45) is 1.21. The molecule has 0 saturated carbocycles. The molecule has 0 fully saturated rings. The van der Waals surface area contributed by atoms with Gasteiger partial charge in [0.15, 0.2) is 0 Å². The Morgan fingerprint density at radius 1 is 1.53 bits per heavy atom. The van der Waals surface area contributed by atoms with Gasteiger partial charge in [0.25, 0.3) is 0 Å². The maximum Gasteiger partial charge on any atom is 0.123 e. The van der Waals surface area contributed by atoms with E-state index in [2.05, 4.69) is 0 Å². The summed E-state index contributed by atoms with van der Waals surface area (Å²) in [6.45, 7) is 0.0886. The van der Waals surface area contributed by atoms with Gasteiger partial charge in [0, 0.05) is 18.2 Å². The van der Waals surface area contributed by atoms with E-state index in [-0.39, 0.29) is 18.5 Å². The lowest BCUT2D eigenvalue weighted by Crippen LogP contribution is -2.12. The second kappa shape index (κ2) is 5.68. The van der Waals surface area contributed by atoms with Gasteiger partial charge in [0.05, 0.1) is 7.11 Å². The lowest BCUT2D eigenvalue weighted by atomic mass is 10.0. The van der Waals surface area contributed by atoms with Crippen LogP contribution >= 0.6 is 0 Å². The summed E-state index contributed by atoms with van der Waals surface area (Å²) < 4.78 is 18.1. The zero-order chi connectivity index (χ0) is 11.3. The van der Waals surface area contributed by atoms with E-state index in [9.17, 15) is 4.39 Å². The minimum atomic E-state index is -0.328. The SMILES string of the molecule is COc1ccc(F)cc1[C@H](N)CCCO. The zero-order valence-corrected chi connectivity index (χ0v) is 8.74. The first-order valence-electron chi connectivity index (χ1n) is 4.89. The molecule has 15 heavy (non-hydrogen) atoms. The predicted octanol–water partition coefficient (Wildman–Crippen LogP) is 1.61. The van der Waals surface area contributed by atoms with Gasteiger partial charge in [-0.05, 0) is 31.0 Å². The van der Waals surface area contributed by atoms with Gasteiger partial charge in [-0.1, -0.05) is 0 Å². The molecular weight excluding hydrogens is 197 g/mol. The van der Waals surface area contributed by atoms with Crippen LogP contribution in [0.3, 0.4) is 0 Å². The first-order valence-corrected chi connectivity index (χ1v) is 4.89. The minimum absolute atomic E-state index is 0.0886. The molecule has 0 unspecified atom stereocenters. The Labute approximate surface area is 88.7 Å². The quantitative estimate of drug-likeness (QED) is 0.781. The molecule has 0 aliphatic rings. The van der Waals surface area contributed by atoms with Crippen molar-refractivity contribution in [3.8, 4) is 5.75 Å². The minimum Gasteiger partial charge on any atom is -0.496 e. The lowest BCUT2D eigenvalue weighted by molar-refractivity contribution is 0.279. The number of ether oxygens (including phenoxy) is 1. The Morgan fingerprint density at radius 3 is 2.87 bits per heavy atom. The molecule has 0 radical (unpaired) electrons. The van der Waals surface area contributed by atoms with Gasteiger partial charge in [0.1, 0.15) is 11.6 Å². The van der Waals surface area contributed by atoms with Crippen molar-refractivity contribution in [1.29, 1.82) is 0 Å². The van der Waals surface area contributed by atoms with E-state index in [0.717, 1.165) is 0 Å². The maximum absolute atomic E-state index is 13.0. The Bertz CT molecular complexity index is 317. The Hall–Kier alpha value is -1.13. The molecule has 0 saturated heterocycles. The van der Waals surface area contributed by atoms with Crippen LogP contribution in [0.4, 0.5) is 4.39 Å². The van der Waals surface area contributed by atoms with E-state index in [4.69, 9.17) is 15.6 Å². The van der Waals surface area contributed by atoms with E-state index in [1.807, 2.05) is 0 Å². The van der Waals surface area contributed by atoms with Gasteiger partial charge >= 0.3 is 0 Å². The molecule has 84 valence electrons. The van der Waals surface area contributed by atoms with Crippen molar-refractivity contribution in [2.24, 2.45) is 5.73 Å². The van der Waals surface area contributed by atoms with Crippen LogP contribution in [0.1, 0.15) is 24.4 Å². The predicted molar refractivity (Wildman–Crippen MR) is 56.2 cm³/mol. The van der Waals surface area contributed by atoms with E-state index in [1.54, 1.807) is 6.07 Å². The molecule has 3 nitrogen and oxygen atoms in total. The van der Waals surface area contributed by atoms with Crippen LogP contribution in [0.5, 0.6) is 5.75 Å². The first kappa shape index (κ1) is 11.9. The van der Waals surface area contributed by atoms with E-state index < -0.39 is 0 Å². The highest BCUT2D eigenvalue weighted by molar-refractivity contribution is 5.36. The van der Waals surface area contributed by atoms with Crippen LogP contribution in [-0.2, 0) is 0 Å². The Morgan fingerprint density at radius 2 is 2.27 bits per heavy atom. The molecule has 1 atom stereocenters. The smallest absolute Gasteiger partial charge is 0.123 e. The molecule has 0 amide bonds. The van der Waals surface area contributed by atoms with E-state index in [0.29, 0.717) is 24.2 Å². The zero-order valence-electron chi connectivity index (χ0n) is 8.74. The van der Waals surface area contributed by atoms with Crippen LogP contribution in [-0.4, -0.2) is 18.8 Å². The molecule has 0 heterocycles. The van der Waals surface area contributed by atoms with Gasteiger partial charge in [-0.25, -0.2) is 4.39 Å². The van der Waals surface area contributed by atoms with Crippen molar-refractivity contribution in [2.45, 2.75) is 18.9 Å². The van der Waals surface area contributed by atoms with Crippen molar-refractivity contribution in [2.75, 3.05) is 13.7 Å². The lowest BCUT2D eigenvalue weighted by Gasteiger charge is -2.15. The third kappa shape index (κ3) is 3.18. The first-order chi connectivity index (χ1) is 7.19. The number of nitrogens with two attached hydrogens (primary N) is 1. The average molecular weight is 213 g/mol. The number of hydrogen-bond donors (Lipinski definition) is 2. The molecule has 1 aromatic carbocycles. The van der Waals surface area contributed by atoms with Gasteiger partial charge in [-0.3, -0.25) is 0 Å². The van der Waals surface area contributed by atoms with Crippen LogP contribution in [0.2, 0.25) is 0 Å². The highest BCUT2D eigenvalue weighted by Gasteiger charge is 2.12. The molecule has 0 aromatic heterocycles. The van der Waals surface area contributed by atoms with Gasteiger partial charge in [-0.15, -0.1) is 0 Å². The number of aliphatic hydroxyl groups is 1. The molecule has 1 rings (SSSR count). The van der Waals surface area contributed by atoms with Gasteiger partial charge in [-0.2, -0.15) is 0 Å². The summed E-state index contributed by atoms with van der Waals surface area (Å²) >= 11 is 0. The summed E-state index contributed by atoms with van der Waals surface area (Å²) in [5, 5.41) is 8.68. The summed E-state index contributed by atoms with van der Waals surface area (Å²) in [7, 11) is 1.52. The maximum atomic E-state index is 13.0. The van der Waals surface area contributed by atoms with Gasteiger partial charge in [0.2, 0.25) is 0 Å².